The topological polar surface area (TPSA) is 29.9 Å². The third-order valence-corrected chi connectivity index (χ3v) is 4.25. The van der Waals surface area contributed by atoms with Crippen LogP contribution in [0, 0.1) is 0 Å². The predicted molar refractivity (Wildman–Crippen MR) is 77.8 cm³/mol. The Morgan fingerprint density at radius 3 is 2.74 bits per heavy atom. The Morgan fingerprint density at radius 2 is 2.11 bits per heavy atom. The smallest absolute Gasteiger partial charge is 0.0994 e. The number of hydrogen-bond acceptors (Lipinski definition) is 2. The summed E-state index contributed by atoms with van der Waals surface area (Å²) in [5.41, 5.74) is 4.08. The fourth-order valence-corrected chi connectivity index (χ4v) is 2.88. The molecule has 0 spiro atoms. The molecule has 1 aromatic carbocycles. The van der Waals surface area contributed by atoms with Crippen LogP contribution in [0.25, 0.3) is 5.69 Å². The molecule has 19 heavy (non-hydrogen) atoms. The summed E-state index contributed by atoms with van der Waals surface area (Å²) in [6, 6.07) is 8.79. The fraction of sp³-hybridized carbons (Fsp3) is 0.438. The van der Waals surface area contributed by atoms with Crippen molar-refractivity contribution in [3.05, 3.63) is 48.0 Å². The van der Waals surface area contributed by atoms with E-state index >= 15 is 0 Å². The van der Waals surface area contributed by atoms with Gasteiger partial charge in [-0.25, -0.2) is 4.98 Å². The average Bonchev–Trinajstić information content (AvgIpc) is 3.08. The van der Waals surface area contributed by atoms with Crippen molar-refractivity contribution in [3.63, 3.8) is 0 Å². The van der Waals surface area contributed by atoms with Gasteiger partial charge in [0.1, 0.15) is 0 Å². The highest BCUT2D eigenvalue weighted by molar-refractivity contribution is 5.38. The maximum atomic E-state index is 4.37. The van der Waals surface area contributed by atoms with Crippen LogP contribution in [0.2, 0.25) is 0 Å². The molecular weight excluding hydrogens is 234 g/mol. The molecule has 3 heteroatoms. The van der Waals surface area contributed by atoms with Crippen molar-refractivity contribution < 1.29 is 0 Å². The highest BCUT2D eigenvalue weighted by Gasteiger charge is 2.33. The van der Waals surface area contributed by atoms with E-state index in [4.69, 9.17) is 0 Å². The molecule has 0 bridgehead atoms. The van der Waals surface area contributed by atoms with Crippen LogP contribution >= 0.6 is 0 Å². The molecule has 2 heterocycles. The Bertz CT molecular complexity index is 548. The average molecular weight is 255 g/mol. The summed E-state index contributed by atoms with van der Waals surface area (Å²) in [4.78, 5) is 4.37. The lowest BCUT2D eigenvalue weighted by Gasteiger charge is -2.24. The lowest BCUT2D eigenvalue weighted by atomic mass is 9.86. The molecule has 1 aliphatic heterocycles. The summed E-state index contributed by atoms with van der Waals surface area (Å²) in [5.74, 6) is 0. The van der Waals surface area contributed by atoms with Gasteiger partial charge in [0.05, 0.1) is 6.33 Å². The number of nitrogens with one attached hydrogen (secondary N) is 1. The first-order valence-electron chi connectivity index (χ1n) is 7.06. The standard InChI is InChI=1S/C16H21N3/c1-3-13-4-6-14(7-5-13)19-12-18-10-15(19)16(2)8-9-17-11-16/h4-7,10,12,17H,3,8-9,11H2,1-2H3. The quantitative estimate of drug-likeness (QED) is 0.914. The number of benzene rings is 1. The molecule has 0 radical (unpaired) electrons. The summed E-state index contributed by atoms with van der Waals surface area (Å²) in [6.07, 6.45) is 6.20. The van der Waals surface area contributed by atoms with E-state index in [9.17, 15) is 0 Å². The lowest BCUT2D eigenvalue weighted by Crippen LogP contribution is -2.27. The number of nitrogens with zero attached hydrogens (tertiary/aromatic N) is 2. The van der Waals surface area contributed by atoms with Gasteiger partial charge in [0, 0.05) is 29.5 Å². The molecule has 1 atom stereocenters. The molecule has 1 saturated heterocycles. The molecule has 1 N–H and O–H groups in total. The van der Waals surface area contributed by atoms with Gasteiger partial charge >= 0.3 is 0 Å². The van der Waals surface area contributed by atoms with Crippen LogP contribution in [0.15, 0.2) is 36.8 Å². The van der Waals surface area contributed by atoms with Crippen molar-refractivity contribution in [1.29, 1.82) is 0 Å². The van der Waals surface area contributed by atoms with Gasteiger partial charge in [-0.05, 0) is 37.1 Å². The monoisotopic (exact) mass is 255 g/mol. The zero-order chi connectivity index (χ0) is 13.3. The van der Waals surface area contributed by atoms with E-state index in [1.807, 2.05) is 12.5 Å². The first kappa shape index (κ1) is 12.4. The van der Waals surface area contributed by atoms with Crippen LogP contribution in [-0.4, -0.2) is 22.6 Å². The van der Waals surface area contributed by atoms with Crippen LogP contribution in [0.3, 0.4) is 0 Å². The maximum absolute atomic E-state index is 4.37. The number of aryl methyl sites for hydroxylation is 1. The Kier molecular flexibility index (Phi) is 3.15. The summed E-state index contributed by atoms with van der Waals surface area (Å²) < 4.78 is 2.23. The summed E-state index contributed by atoms with van der Waals surface area (Å²) in [6.45, 7) is 6.63. The van der Waals surface area contributed by atoms with Gasteiger partial charge in [0.15, 0.2) is 0 Å². The SMILES string of the molecule is CCc1ccc(-n2cncc2C2(C)CCNC2)cc1. The van der Waals surface area contributed by atoms with E-state index < -0.39 is 0 Å². The van der Waals surface area contributed by atoms with E-state index in [1.165, 1.54) is 23.4 Å². The Morgan fingerprint density at radius 1 is 1.32 bits per heavy atom. The van der Waals surface area contributed by atoms with Crippen molar-refractivity contribution >= 4 is 0 Å². The second-order valence-electron chi connectivity index (χ2n) is 5.66. The van der Waals surface area contributed by atoms with E-state index in [-0.39, 0.29) is 5.41 Å². The summed E-state index contributed by atoms with van der Waals surface area (Å²) in [7, 11) is 0. The van der Waals surface area contributed by atoms with Gasteiger partial charge in [0.25, 0.3) is 0 Å². The molecule has 0 saturated carbocycles. The molecule has 0 aliphatic carbocycles. The second kappa shape index (κ2) is 4.82. The van der Waals surface area contributed by atoms with Crippen molar-refractivity contribution in [2.45, 2.75) is 32.1 Å². The Labute approximate surface area is 114 Å². The molecule has 1 fully saturated rings. The van der Waals surface area contributed by atoms with E-state index in [0.29, 0.717) is 0 Å². The van der Waals surface area contributed by atoms with Crippen molar-refractivity contribution in [2.24, 2.45) is 0 Å². The van der Waals surface area contributed by atoms with E-state index in [2.05, 4.69) is 53.0 Å². The normalized spacial score (nSPS) is 22.8. The Balaban J connectivity index is 1.99. The van der Waals surface area contributed by atoms with E-state index in [0.717, 1.165) is 19.5 Å². The second-order valence-corrected chi connectivity index (χ2v) is 5.66. The highest BCUT2D eigenvalue weighted by Crippen LogP contribution is 2.31. The van der Waals surface area contributed by atoms with Gasteiger partial charge in [-0.1, -0.05) is 26.0 Å². The first-order valence-corrected chi connectivity index (χ1v) is 7.06. The number of hydrogen-bond donors (Lipinski definition) is 1. The molecule has 3 nitrogen and oxygen atoms in total. The summed E-state index contributed by atoms with van der Waals surface area (Å²) in [5, 5.41) is 3.46. The largest absolute Gasteiger partial charge is 0.316 e. The number of aromatic nitrogens is 2. The van der Waals surface area contributed by atoms with Crippen molar-refractivity contribution in [3.8, 4) is 5.69 Å². The molecule has 2 aromatic rings. The van der Waals surface area contributed by atoms with Crippen LogP contribution in [-0.2, 0) is 11.8 Å². The molecule has 1 unspecified atom stereocenters. The van der Waals surface area contributed by atoms with Gasteiger partial charge in [0.2, 0.25) is 0 Å². The minimum atomic E-state index is 0.194. The minimum Gasteiger partial charge on any atom is -0.316 e. The van der Waals surface area contributed by atoms with Gasteiger partial charge in [-0.15, -0.1) is 0 Å². The van der Waals surface area contributed by atoms with Gasteiger partial charge in [-0.3, -0.25) is 0 Å². The van der Waals surface area contributed by atoms with Crippen molar-refractivity contribution in [1.82, 2.24) is 14.9 Å². The minimum absolute atomic E-state index is 0.194. The van der Waals surface area contributed by atoms with Crippen LogP contribution in [0.5, 0.6) is 0 Å². The van der Waals surface area contributed by atoms with Crippen molar-refractivity contribution in [2.75, 3.05) is 13.1 Å². The number of imidazole rings is 1. The molecule has 100 valence electrons. The zero-order valence-corrected chi connectivity index (χ0v) is 11.7. The zero-order valence-electron chi connectivity index (χ0n) is 11.7. The first-order chi connectivity index (χ1) is 9.23. The third kappa shape index (κ3) is 2.19. The van der Waals surface area contributed by atoms with Crippen LogP contribution in [0.4, 0.5) is 0 Å². The fourth-order valence-electron chi connectivity index (χ4n) is 2.88. The van der Waals surface area contributed by atoms with Gasteiger partial charge < -0.3 is 9.88 Å². The molecule has 1 aliphatic rings. The summed E-state index contributed by atoms with van der Waals surface area (Å²) >= 11 is 0. The lowest BCUT2D eigenvalue weighted by molar-refractivity contribution is 0.499. The molecule has 3 rings (SSSR count). The molecule has 1 aromatic heterocycles. The van der Waals surface area contributed by atoms with Gasteiger partial charge in [-0.2, -0.15) is 0 Å². The number of rotatable bonds is 3. The predicted octanol–water partition coefficient (Wildman–Crippen LogP) is 2.69. The third-order valence-electron chi connectivity index (χ3n) is 4.25. The van der Waals surface area contributed by atoms with Crippen LogP contribution < -0.4 is 5.32 Å². The van der Waals surface area contributed by atoms with E-state index in [1.54, 1.807) is 0 Å². The maximum Gasteiger partial charge on any atom is 0.0994 e. The Hall–Kier alpha value is -1.61. The highest BCUT2D eigenvalue weighted by atomic mass is 15.1. The molecular formula is C16H21N3. The van der Waals surface area contributed by atoms with Crippen LogP contribution in [0.1, 0.15) is 31.5 Å². The molecule has 0 amide bonds.